The fourth-order valence-corrected chi connectivity index (χ4v) is 3.29. The first-order valence-corrected chi connectivity index (χ1v) is 7.51. The van der Waals surface area contributed by atoms with Gasteiger partial charge in [-0.1, -0.05) is 17.7 Å². The van der Waals surface area contributed by atoms with Gasteiger partial charge in [-0.05, 0) is 50.9 Å². The molecule has 102 valence electrons. The second-order valence-corrected chi connectivity index (χ2v) is 5.68. The SMILES string of the molecule is CCn1c(CCC2CCNC2)nc2cccc(Cl)c21. The van der Waals surface area contributed by atoms with Crippen molar-refractivity contribution in [3.8, 4) is 0 Å². The predicted octanol–water partition coefficient (Wildman–Crippen LogP) is 3.25. The number of aromatic nitrogens is 2. The summed E-state index contributed by atoms with van der Waals surface area (Å²) >= 11 is 6.31. The number of fused-ring (bicyclic) bond motifs is 1. The van der Waals surface area contributed by atoms with Crippen LogP contribution in [-0.4, -0.2) is 22.6 Å². The molecule has 1 aromatic heterocycles. The molecule has 1 aromatic carbocycles. The van der Waals surface area contributed by atoms with E-state index in [0.717, 1.165) is 41.5 Å². The van der Waals surface area contributed by atoms with Crippen molar-refractivity contribution in [1.29, 1.82) is 0 Å². The summed E-state index contributed by atoms with van der Waals surface area (Å²) in [6.45, 7) is 5.41. The molecule has 2 aromatic rings. The van der Waals surface area contributed by atoms with E-state index in [4.69, 9.17) is 16.6 Å². The minimum absolute atomic E-state index is 0.806. The third kappa shape index (κ3) is 2.49. The Hall–Kier alpha value is -1.06. The molecular weight excluding hydrogens is 258 g/mol. The van der Waals surface area contributed by atoms with Crippen molar-refractivity contribution in [3.05, 3.63) is 29.0 Å². The zero-order chi connectivity index (χ0) is 13.2. The van der Waals surface area contributed by atoms with Crippen molar-refractivity contribution < 1.29 is 0 Å². The summed E-state index contributed by atoms with van der Waals surface area (Å²) in [6, 6.07) is 5.97. The Labute approximate surface area is 119 Å². The number of hydrogen-bond donors (Lipinski definition) is 1. The van der Waals surface area contributed by atoms with Gasteiger partial charge in [0.1, 0.15) is 5.82 Å². The van der Waals surface area contributed by atoms with Crippen molar-refractivity contribution in [2.75, 3.05) is 13.1 Å². The molecule has 1 atom stereocenters. The van der Waals surface area contributed by atoms with E-state index in [1.165, 1.54) is 25.2 Å². The molecule has 1 fully saturated rings. The highest BCUT2D eigenvalue weighted by Gasteiger charge is 2.17. The third-order valence-electron chi connectivity index (χ3n) is 4.05. The number of nitrogens with zero attached hydrogens (tertiary/aromatic N) is 2. The minimum Gasteiger partial charge on any atom is -0.327 e. The van der Waals surface area contributed by atoms with Crippen molar-refractivity contribution in [1.82, 2.24) is 14.9 Å². The third-order valence-corrected chi connectivity index (χ3v) is 4.36. The molecule has 0 radical (unpaired) electrons. The van der Waals surface area contributed by atoms with E-state index >= 15 is 0 Å². The van der Waals surface area contributed by atoms with Gasteiger partial charge in [-0.25, -0.2) is 4.98 Å². The quantitative estimate of drug-likeness (QED) is 0.930. The molecule has 0 aliphatic carbocycles. The van der Waals surface area contributed by atoms with Gasteiger partial charge in [0.15, 0.2) is 0 Å². The summed E-state index contributed by atoms with van der Waals surface area (Å²) in [6.07, 6.45) is 3.56. The highest BCUT2D eigenvalue weighted by molar-refractivity contribution is 6.35. The largest absolute Gasteiger partial charge is 0.327 e. The van der Waals surface area contributed by atoms with Gasteiger partial charge < -0.3 is 9.88 Å². The average Bonchev–Trinajstić information content (AvgIpc) is 3.03. The second kappa shape index (κ2) is 5.51. The molecule has 2 heterocycles. The van der Waals surface area contributed by atoms with E-state index in [2.05, 4.69) is 16.8 Å². The van der Waals surface area contributed by atoms with E-state index in [1.54, 1.807) is 0 Å². The topological polar surface area (TPSA) is 29.9 Å². The van der Waals surface area contributed by atoms with Gasteiger partial charge in [-0.2, -0.15) is 0 Å². The lowest BCUT2D eigenvalue weighted by Gasteiger charge is -2.09. The molecule has 1 saturated heterocycles. The van der Waals surface area contributed by atoms with Crippen molar-refractivity contribution >= 4 is 22.6 Å². The summed E-state index contributed by atoms with van der Waals surface area (Å²) in [5.41, 5.74) is 2.11. The van der Waals surface area contributed by atoms with Crippen LogP contribution in [0.4, 0.5) is 0 Å². The van der Waals surface area contributed by atoms with Gasteiger partial charge in [0, 0.05) is 13.0 Å². The summed E-state index contributed by atoms with van der Waals surface area (Å²) in [5, 5.41) is 4.23. The number of rotatable bonds is 4. The molecule has 0 bridgehead atoms. The smallest absolute Gasteiger partial charge is 0.109 e. The standard InChI is InChI=1S/C15H20ClN3/c1-2-19-14(7-6-11-8-9-17-10-11)18-13-5-3-4-12(16)15(13)19/h3-5,11,17H,2,6-10H2,1H3. The number of aryl methyl sites for hydroxylation is 2. The van der Waals surface area contributed by atoms with Crippen molar-refractivity contribution in [2.45, 2.75) is 32.7 Å². The molecule has 3 rings (SSSR count). The predicted molar refractivity (Wildman–Crippen MR) is 79.7 cm³/mol. The Bertz CT molecular complexity index is 570. The fraction of sp³-hybridized carbons (Fsp3) is 0.533. The Morgan fingerprint density at radius 1 is 1.47 bits per heavy atom. The molecule has 1 N–H and O–H groups in total. The van der Waals surface area contributed by atoms with Crippen molar-refractivity contribution in [3.63, 3.8) is 0 Å². The number of benzene rings is 1. The molecule has 0 saturated carbocycles. The maximum atomic E-state index is 6.31. The lowest BCUT2D eigenvalue weighted by molar-refractivity contribution is 0.516. The van der Waals surface area contributed by atoms with E-state index in [1.807, 2.05) is 18.2 Å². The number of halogens is 1. The summed E-state index contributed by atoms with van der Waals surface area (Å²) in [7, 11) is 0. The van der Waals surface area contributed by atoms with Gasteiger partial charge in [0.2, 0.25) is 0 Å². The number of hydrogen-bond acceptors (Lipinski definition) is 2. The zero-order valence-electron chi connectivity index (χ0n) is 11.3. The van der Waals surface area contributed by atoms with E-state index in [0.29, 0.717) is 0 Å². The highest BCUT2D eigenvalue weighted by Crippen LogP contribution is 2.26. The van der Waals surface area contributed by atoms with Crippen LogP contribution >= 0.6 is 11.6 Å². The minimum atomic E-state index is 0.806. The monoisotopic (exact) mass is 277 g/mol. The van der Waals surface area contributed by atoms with Crippen molar-refractivity contribution in [2.24, 2.45) is 5.92 Å². The van der Waals surface area contributed by atoms with E-state index < -0.39 is 0 Å². The fourth-order valence-electron chi connectivity index (χ4n) is 3.02. The maximum Gasteiger partial charge on any atom is 0.109 e. The first-order chi connectivity index (χ1) is 9.29. The van der Waals surface area contributed by atoms with Crippen LogP contribution in [0.3, 0.4) is 0 Å². The lowest BCUT2D eigenvalue weighted by Crippen LogP contribution is -2.11. The number of nitrogens with one attached hydrogen (secondary N) is 1. The van der Waals surface area contributed by atoms with Crippen LogP contribution in [0.15, 0.2) is 18.2 Å². The van der Waals surface area contributed by atoms with Crippen LogP contribution in [0.5, 0.6) is 0 Å². The first kappa shape index (κ1) is 12.9. The molecule has 0 amide bonds. The van der Waals surface area contributed by atoms with Crippen LogP contribution in [0.25, 0.3) is 11.0 Å². The van der Waals surface area contributed by atoms with Crippen LogP contribution in [0, 0.1) is 5.92 Å². The van der Waals surface area contributed by atoms with Gasteiger partial charge in [-0.3, -0.25) is 0 Å². The maximum absolute atomic E-state index is 6.31. The molecule has 0 spiro atoms. The van der Waals surface area contributed by atoms with Crippen LogP contribution < -0.4 is 5.32 Å². The molecule has 1 aliphatic rings. The first-order valence-electron chi connectivity index (χ1n) is 7.14. The molecule has 3 nitrogen and oxygen atoms in total. The summed E-state index contributed by atoms with van der Waals surface area (Å²) < 4.78 is 2.26. The molecule has 4 heteroatoms. The number of para-hydroxylation sites is 1. The van der Waals surface area contributed by atoms with Gasteiger partial charge in [0.05, 0.1) is 16.1 Å². The average molecular weight is 278 g/mol. The molecule has 1 unspecified atom stereocenters. The Morgan fingerprint density at radius 3 is 3.11 bits per heavy atom. The molecular formula is C15H20ClN3. The Balaban J connectivity index is 1.87. The van der Waals surface area contributed by atoms with Crippen LogP contribution in [0.2, 0.25) is 5.02 Å². The van der Waals surface area contributed by atoms with Gasteiger partial charge >= 0.3 is 0 Å². The zero-order valence-corrected chi connectivity index (χ0v) is 12.1. The van der Waals surface area contributed by atoms with Crippen LogP contribution in [0.1, 0.15) is 25.6 Å². The molecule has 19 heavy (non-hydrogen) atoms. The van der Waals surface area contributed by atoms with E-state index in [9.17, 15) is 0 Å². The van der Waals surface area contributed by atoms with Gasteiger partial charge in [0.25, 0.3) is 0 Å². The van der Waals surface area contributed by atoms with Crippen LogP contribution in [-0.2, 0) is 13.0 Å². The summed E-state index contributed by atoms with van der Waals surface area (Å²) in [5.74, 6) is 1.98. The van der Waals surface area contributed by atoms with E-state index in [-0.39, 0.29) is 0 Å². The second-order valence-electron chi connectivity index (χ2n) is 5.28. The number of imidazole rings is 1. The normalized spacial score (nSPS) is 19.4. The molecule has 1 aliphatic heterocycles. The highest BCUT2D eigenvalue weighted by atomic mass is 35.5. The lowest BCUT2D eigenvalue weighted by atomic mass is 10.0. The van der Waals surface area contributed by atoms with Gasteiger partial charge in [-0.15, -0.1) is 0 Å². The Morgan fingerprint density at radius 2 is 2.37 bits per heavy atom. The Kier molecular flexibility index (Phi) is 3.76. The summed E-state index contributed by atoms with van der Waals surface area (Å²) in [4.78, 5) is 4.76.